The summed E-state index contributed by atoms with van der Waals surface area (Å²) in [6.45, 7) is 9.04. The highest BCUT2D eigenvalue weighted by molar-refractivity contribution is 4.97. The van der Waals surface area contributed by atoms with Gasteiger partial charge in [0, 0.05) is 31.2 Å². The fourth-order valence-electron chi connectivity index (χ4n) is 3.39. The van der Waals surface area contributed by atoms with E-state index in [0.717, 1.165) is 13.1 Å². The van der Waals surface area contributed by atoms with Gasteiger partial charge in [0.1, 0.15) is 0 Å². The average Bonchev–Trinajstić information content (AvgIpc) is 2.36. The predicted octanol–water partition coefficient (Wildman–Crippen LogP) is 1.75. The van der Waals surface area contributed by atoms with Crippen LogP contribution in [-0.4, -0.2) is 46.8 Å². The van der Waals surface area contributed by atoms with Gasteiger partial charge in [-0.15, -0.1) is 0 Å². The van der Waals surface area contributed by atoms with Crippen LogP contribution in [-0.2, 0) is 0 Å². The zero-order valence-electron chi connectivity index (χ0n) is 11.6. The lowest BCUT2D eigenvalue weighted by molar-refractivity contribution is -0.0192. The first-order chi connectivity index (χ1) is 7.91. The minimum absolute atomic E-state index is 0.155. The number of β-amino-alcohol motifs (C(OH)–C–C–N with tert-alkyl or cyclic N) is 1. The molecule has 1 unspecified atom stereocenters. The third kappa shape index (κ3) is 3.21. The van der Waals surface area contributed by atoms with Gasteiger partial charge in [0.05, 0.1) is 5.60 Å². The quantitative estimate of drug-likeness (QED) is 0.733. The molecule has 1 saturated heterocycles. The zero-order valence-corrected chi connectivity index (χ0v) is 11.6. The zero-order chi connectivity index (χ0) is 12.5. The maximum Gasteiger partial charge on any atom is 0.0870 e. The van der Waals surface area contributed by atoms with E-state index in [9.17, 15) is 5.11 Å². The van der Waals surface area contributed by atoms with Gasteiger partial charge >= 0.3 is 0 Å². The molecule has 1 atom stereocenters. The van der Waals surface area contributed by atoms with Crippen LogP contribution < -0.4 is 5.32 Å². The molecular formula is C14H28N2O. The molecule has 2 N–H and O–H groups in total. The summed E-state index contributed by atoms with van der Waals surface area (Å²) in [5.41, 5.74) is -0.437. The van der Waals surface area contributed by atoms with Crippen LogP contribution in [0.3, 0.4) is 0 Å². The summed E-state index contributed by atoms with van der Waals surface area (Å²) in [6, 6.07) is 0.671. The second kappa shape index (κ2) is 4.87. The molecule has 3 nitrogen and oxygen atoms in total. The Morgan fingerprint density at radius 3 is 2.35 bits per heavy atom. The second-order valence-corrected chi connectivity index (χ2v) is 6.83. The highest BCUT2D eigenvalue weighted by atomic mass is 16.3. The number of nitrogens with one attached hydrogen (secondary N) is 1. The van der Waals surface area contributed by atoms with Crippen LogP contribution in [0.5, 0.6) is 0 Å². The maximum absolute atomic E-state index is 10.4. The van der Waals surface area contributed by atoms with E-state index in [1.54, 1.807) is 0 Å². The highest BCUT2D eigenvalue weighted by Crippen LogP contribution is 2.30. The summed E-state index contributed by atoms with van der Waals surface area (Å²) < 4.78 is 0. The minimum atomic E-state index is -0.592. The molecule has 0 aromatic carbocycles. The fraction of sp³-hybridized carbons (Fsp3) is 1.00. The van der Waals surface area contributed by atoms with Crippen LogP contribution in [0.2, 0.25) is 0 Å². The normalized spacial score (nSPS) is 36.7. The molecule has 17 heavy (non-hydrogen) atoms. The van der Waals surface area contributed by atoms with Crippen molar-refractivity contribution in [1.29, 1.82) is 0 Å². The average molecular weight is 240 g/mol. The first-order valence-electron chi connectivity index (χ1n) is 7.11. The molecule has 1 aliphatic heterocycles. The summed E-state index contributed by atoms with van der Waals surface area (Å²) in [5, 5.41) is 13.8. The number of hydrogen-bond acceptors (Lipinski definition) is 3. The van der Waals surface area contributed by atoms with Gasteiger partial charge in [0.25, 0.3) is 0 Å². The predicted molar refractivity (Wildman–Crippen MR) is 71.2 cm³/mol. The van der Waals surface area contributed by atoms with Crippen molar-refractivity contribution in [3.8, 4) is 0 Å². The van der Waals surface area contributed by atoms with Crippen molar-refractivity contribution in [2.75, 3.05) is 19.6 Å². The van der Waals surface area contributed by atoms with Crippen molar-refractivity contribution >= 4 is 0 Å². The Hall–Kier alpha value is -0.120. The second-order valence-electron chi connectivity index (χ2n) is 6.83. The van der Waals surface area contributed by atoms with Crippen LogP contribution in [0.15, 0.2) is 0 Å². The summed E-state index contributed by atoms with van der Waals surface area (Å²) in [4.78, 5) is 2.56. The van der Waals surface area contributed by atoms with E-state index >= 15 is 0 Å². The number of hydrogen-bond donors (Lipinski definition) is 2. The smallest absolute Gasteiger partial charge is 0.0870 e. The Bertz CT molecular complexity index is 257. The van der Waals surface area contributed by atoms with E-state index in [0.29, 0.717) is 12.6 Å². The van der Waals surface area contributed by atoms with E-state index in [1.807, 2.05) is 6.92 Å². The summed E-state index contributed by atoms with van der Waals surface area (Å²) in [7, 11) is 0. The molecule has 0 aromatic heterocycles. The van der Waals surface area contributed by atoms with Gasteiger partial charge in [-0.3, -0.25) is 4.90 Å². The van der Waals surface area contributed by atoms with Gasteiger partial charge in [0.2, 0.25) is 0 Å². The number of rotatable bonds is 1. The van der Waals surface area contributed by atoms with E-state index in [4.69, 9.17) is 0 Å². The van der Waals surface area contributed by atoms with Crippen LogP contribution in [0.1, 0.15) is 52.9 Å². The molecule has 2 aliphatic rings. The number of aliphatic hydroxyl groups is 1. The third-order valence-corrected chi connectivity index (χ3v) is 4.37. The molecule has 0 radical (unpaired) electrons. The first-order valence-corrected chi connectivity index (χ1v) is 7.11. The molecule has 1 aliphatic carbocycles. The fourth-order valence-corrected chi connectivity index (χ4v) is 3.39. The molecule has 1 saturated carbocycles. The molecule has 2 fully saturated rings. The van der Waals surface area contributed by atoms with Crippen LogP contribution in [0, 0.1) is 0 Å². The molecule has 3 heteroatoms. The third-order valence-electron chi connectivity index (χ3n) is 4.37. The van der Waals surface area contributed by atoms with Crippen molar-refractivity contribution in [3.63, 3.8) is 0 Å². The topological polar surface area (TPSA) is 35.5 Å². The summed E-state index contributed by atoms with van der Waals surface area (Å²) in [5.74, 6) is 0. The summed E-state index contributed by atoms with van der Waals surface area (Å²) in [6.07, 6.45) is 6.71. The Morgan fingerprint density at radius 2 is 1.71 bits per heavy atom. The Kier molecular flexibility index (Phi) is 3.81. The van der Waals surface area contributed by atoms with Crippen LogP contribution in [0.4, 0.5) is 0 Å². The molecule has 0 amide bonds. The van der Waals surface area contributed by atoms with Gasteiger partial charge in [0.15, 0.2) is 0 Å². The van der Waals surface area contributed by atoms with E-state index in [2.05, 4.69) is 24.1 Å². The SMILES string of the molecule is CC1(O)CNCC(C)(C)N(C2CCCCC2)C1. The maximum atomic E-state index is 10.4. The van der Waals surface area contributed by atoms with Gasteiger partial charge in [-0.25, -0.2) is 0 Å². The van der Waals surface area contributed by atoms with E-state index < -0.39 is 5.60 Å². The number of nitrogens with zero attached hydrogens (tertiary/aromatic N) is 1. The van der Waals surface area contributed by atoms with Crippen LogP contribution in [0.25, 0.3) is 0 Å². The molecule has 0 spiro atoms. The standard InChI is InChI=1S/C14H28N2O/c1-13(2)9-15-10-14(3,17)11-16(13)12-7-5-4-6-8-12/h12,15,17H,4-11H2,1-3H3. The first kappa shape index (κ1) is 13.3. The van der Waals surface area contributed by atoms with Crippen molar-refractivity contribution in [3.05, 3.63) is 0 Å². The Balaban J connectivity index is 2.13. The van der Waals surface area contributed by atoms with E-state index in [1.165, 1.54) is 32.1 Å². The Morgan fingerprint density at radius 1 is 1.06 bits per heavy atom. The summed E-state index contributed by atoms with van der Waals surface area (Å²) >= 11 is 0. The van der Waals surface area contributed by atoms with Gasteiger partial charge in [-0.05, 0) is 33.6 Å². The van der Waals surface area contributed by atoms with Gasteiger partial charge in [-0.1, -0.05) is 19.3 Å². The largest absolute Gasteiger partial charge is 0.388 e. The molecule has 2 rings (SSSR count). The van der Waals surface area contributed by atoms with Crippen molar-refractivity contribution in [1.82, 2.24) is 10.2 Å². The van der Waals surface area contributed by atoms with E-state index in [-0.39, 0.29) is 5.54 Å². The molecule has 100 valence electrons. The molecular weight excluding hydrogens is 212 g/mol. The lowest BCUT2D eigenvalue weighted by Gasteiger charge is -2.45. The lowest BCUT2D eigenvalue weighted by Crippen LogP contribution is -2.56. The lowest BCUT2D eigenvalue weighted by atomic mass is 9.89. The Labute approximate surface area is 106 Å². The van der Waals surface area contributed by atoms with Gasteiger partial charge in [-0.2, -0.15) is 0 Å². The van der Waals surface area contributed by atoms with Crippen molar-refractivity contribution in [2.45, 2.75) is 70.1 Å². The minimum Gasteiger partial charge on any atom is -0.388 e. The molecule has 0 aromatic rings. The van der Waals surface area contributed by atoms with Gasteiger partial charge < -0.3 is 10.4 Å². The highest BCUT2D eigenvalue weighted by Gasteiger charge is 2.39. The molecule has 0 bridgehead atoms. The monoisotopic (exact) mass is 240 g/mol. The van der Waals surface area contributed by atoms with Crippen molar-refractivity contribution in [2.24, 2.45) is 0 Å². The van der Waals surface area contributed by atoms with Crippen LogP contribution >= 0.6 is 0 Å². The molecule has 1 heterocycles. The van der Waals surface area contributed by atoms with Crippen molar-refractivity contribution < 1.29 is 5.11 Å².